The number of ether oxygens (including phenoxy) is 2. The maximum atomic E-state index is 12.5. The van der Waals surface area contributed by atoms with E-state index in [9.17, 15) is 19.2 Å². The van der Waals surface area contributed by atoms with Crippen molar-refractivity contribution in [1.29, 1.82) is 5.41 Å². The van der Waals surface area contributed by atoms with Gasteiger partial charge >= 0.3 is 12.2 Å². The number of hydrogen-bond donors (Lipinski definition) is 5. The van der Waals surface area contributed by atoms with E-state index in [1.54, 1.807) is 69.3 Å². The van der Waals surface area contributed by atoms with Gasteiger partial charge in [-0.3, -0.25) is 30.9 Å². The van der Waals surface area contributed by atoms with Crippen LogP contribution in [0.15, 0.2) is 71.1 Å². The van der Waals surface area contributed by atoms with Gasteiger partial charge in [-0.25, -0.2) is 9.59 Å². The Bertz CT molecular complexity index is 1350. The topological polar surface area (TPSA) is 172 Å². The number of carbonyl (C=O) groups excluding carboxylic acids is 4. The van der Waals surface area contributed by atoms with E-state index in [0.29, 0.717) is 11.3 Å². The average molecular weight is 536 g/mol. The van der Waals surface area contributed by atoms with Crippen LogP contribution in [-0.4, -0.2) is 35.6 Å². The van der Waals surface area contributed by atoms with E-state index in [1.807, 2.05) is 6.07 Å². The minimum absolute atomic E-state index is 0.00486. The molecule has 2 aromatic carbocycles. The second-order valence-electron chi connectivity index (χ2n) is 9.19. The predicted octanol–water partition coefficient (Wildman–Crippen LogP) is 4.15. The molecule has 12 heteroatoms. The third kappa shape index (κ3) is 9.69. The Kier molecular flexibility index (Phi) is 9.41. The van der Waals surface area contributed by atoms with Gasteiger partial charge in [-0.15, -0.1) is 0 Å². The first-order valence-electron chi connectivity index (χ1n) is 11.8. The molecule has 5 N–H and O–H groups in total. The molecule has 4 amide bonds. The SMILES string of the molecule is CC(C)(C)OC(=O)Nc1cccc(CNC(=O)c2ccc(C(=O)NC(=N)NC(=O)OCc3ccccc3)o2)c1. The fourth-order valence-corrected chi connectivity index (χ4v) is 3.10. The van der Waals surface area contributed by atoms with Gasteiger partial charge in [-0.2, -0.15) is 0 Å². The van der Waals surface area contributed by atoms with Gasteiger partial charge in [0.15, 0.2) is 11.5 Å². The van der Waals surface area contributed by atoms with Gasteiger partial charge in [0.1, 0.15) is 12.2 Å². The largest absolute Gasteiger partial charge is 0.446 e. The van der Waals surface area contributed by atoms with E-state index < -0.39 is 35.6 Å². The second-order valence-corrected chi connectivity index (χ2v) is 9.19. The lowest BCUT2D eigenvalue weighted by Crippen LogP contribution is -2.43. The van der Waals surface area contributed by atoms with Crippen LogP contribution in [0.5, 0.6) is 0 Å². The summed E-state index contributed by atoms with van der Waals surface area (Å²) in [6.45, 7) is 5.38. The molecular weight excluding hydrogens is 506 g/mol. The molecule has 204 valence electrons. The zero-order valence-corrected chi connectivity index (χ0v) is 21.6. The third-order valence-electron chi connectivity index (χ3n) is 4.76. The summed E-state index contributed by atoms with van der Waals surface area (Å²) < 4.78 is 15.5. The number of hydrogen-bond acceptors (Lipinski definition) is 8. The van der Waals surface area contributed by atoms with Crippen LogP contribution in [0, 0.1) is 5.41 Å². The Hall–Kier alpha value is -5.13. The lowest BCUT2D eigenvalue weighted by Gasteiger charge is -2.19. The molecule has 12 nitrogen and oxygen atoms in total. The molecule has 0 fully saturated rings. The third-order valence-corrected chi connectivity index (χ3v) is 4.76. The van der Waals surface area contributed by atoms with Crippen molar-refractivity contribution in [3.8, 4) is 0 Å². The Morgan fingerprint density at radius 3 is 2.18 bits per heavy atom. The molecule has 3 aromatic rings. The van der Waals surface area contributed by atoms with Gasteiger partial charge in [0.05, 0.1) is 0 Å². The summed E-state index contributed by atoms with van der Waals surface area (Å²) >= 11 is 0. The number of guanidine groups is 1. The van der Waals surface area contributed by atoms with E-state index >= 15 is 0 Å². The fourth-order valence-electron chi connectivity index (χ4n) is 3.10. The number of anilines is 1. The molecule has 1 aromatic heterocycles. The van der Waals surface area contributed by atoms with Crippen LogP contribution in [0.2, 0.25) is 0 Å². The molecule has 3 rings (SSSR count). The minimum Gasteiger partial charge on any atom is -0.446 e. The first kappa shape index (κ1) is 28.4. The number of alkyl carbamates (subject to hydrolysis) is 1. The second kappa shape index (κ2) is 12.9. The standard InChI is InChI=1S/C27H29N5O7/c1-27(2,3)39-26(36)30-19-11-7-10-18(14-19)15-29-22(33)20-12-13-21(38-20)23(34)31-24(28)32-25(35)37-16-17-8-5-4-6-9-17/h4-14H,15-16H2,1-3H3,(H,29,33)(H,30,36)(H3,28,31,32,34,35). The van der Waals surface area contributed by atoms with Crippen molar-refractivity contribution in [2.75, 3.05) is 5.32 Å². The normalized spacial score (nSPS) is 10.6. The molecular formula is C27H29N5O7. The molecule has 0 aliphatic heterocycles. The van der Waals surface area contributed by atoms with Crippen molar-refractivity contribution < 1.29 is 33.1 Å². The Morgan fingerprint density at radius 1 is 0.821 bits per heavy atom. The van der Waals surface area contributed by atoms with Crippen LogP contribution < -0.4 is 21.3 Å². The van der Waals surface area contributed by atoms with Crippen LogP contribution in [0.25, 0.3) is 0 Å². The molecule has 0 aliphatic carbocycles. The number of rotatable bonds is 7. The first-order valence-corrected chi connectivity index (χ1v) is 11.8. The van der Waals surface area contributed by atoms with Gasteiger partial charge in [-0.05, 0) is 56.2 Å². The predicted molar refractivity (Wildman–Crippen MR) is 141 cm³/mol. The van der Waals surface area contributed by atoms with Crippen molar-refractivity contribution in [3.05, 3.63) is 89.4 Å². The highest BCUT2D eigenvalue weighted by Crippen LogP contribution is 2.14. The van der Waals surface area contributed by atoms with E-state index in [2.05, 4.69) is 21.3 Å². The molecule has 39 heavy (non-hydrogen) atoms. The number of amides is 4. The molecule has 1 heterocycles. The van der Waals surface area contributed by atoms with Crippen molar-refractivity contribution in [1.82, 2.24) is 16.0 Å². The van der Waals surface area contributed by atoms with Gasteiger partial charge in [0.25, 0.3) is 11.8 Å². The van der Waals surface area contributed by atoms with Gasteiger partial charge in [0.2, 0.25) is 5.96 Å². The quantitative estimate of drug-likeness (QED) is 0.223. The molecule has 0 aliphatic rings. The lowest BCUT2D eigenvalue weighted by molar-refractivity contribution is 0.0635. The summed E-state index contributed by atoms with van der Waals surface area (Å²) in [7, 11) is 0. The molecule has 0 unspecified atom stereocenters. The Labute approximate surface area is 224 Å². The molecule has 0 atom stereocenters. The van der Waals surface area contributed by atoms with Crippen molar-refractivity contribution in [2.24, 2.45) is 0 Å². The molecule has 0 spiro atoms. The molecule has 0 radical (unpaired) electrons. The Balaban J connectivity index is 1.45. The highest BCUT2D eigenvalue weighted by molar-refractivity contribution is 6.07. The van der Waals surface area contributed by atoms with Crippen molar-refractivity contribution in [3.63, 3.8) is 0 Å². The Morgan fingerprint density at radius 2 is 1.49 bits per heavy atom. The highest BCUT2D eigenvalue weighted by atomic mass is 16.6. The minimum atomic E-state index is -0.922. The van der Waals surface area contributed by atoms with Gasteiger partial charge < -0.3 is 19.2 Å². The van der Waals surface area contributed by atoms with Crippen LogP contribution in [-0.2, 0) is 22.6 Å². The summed E-state index contributed by atoms with van der Waals surface area (Å²) in [4.78, 5) is 48.6. The smallest absolute Gasteiger partial charge is 0.414 e. The monoisotopic (exact) mass is 535 g/mol. The van der Waals surface area contributed by atoms with Crippen LogP contribution in [0.3, 0.4) is 0 Å². The van der Waals surface area contributed by atoms with Gasteiger partial charge in [-0.1, -0.05) is 42.5 Å². The average Bonchev–Trinajstić information content (AvgIpc) is 3.36. The zero-order valence-electron chi connectivity index (χ0n) is 21.6. The van der Waals surface area contributed by atoms with E-state index in [-0.39, 0.29) is 24.7 Å². The number of carbonyl (C=O) groups is 4. The van der Waals surface area contributed by atoms with Crippen molar-refractivity contribution in [2.45, 2.75) is 39.5 Å². The maximum absolute atomic E-state index is 12.5. The summed E-state index contributed by atoms with van der Waals surface area (Å²) in [5.74, 6) is -2.43. The first-order chi connectivity index (χ1) is 18.5. The van der Waals surface area contributed by atoms with E-state index in [1.165, 1.54) is 12.1 Å². The molecule has 0 bridgehead atoms. The molecule has 0 saturated heterocycles. The summed E-state index contributed by atoms with van der Waals surface area (Å²) in [5.41, 5.74) is 1.31. The fraction of sp³-hybridized carbons (Fsp3) is 0.222. The summed E-state index contributed by atoms with van der Waals surface area (Å²) in [6.07, 6.45) is -1.52. The number of furan rings is 1. The van der Waals surface area contributed by atoms with E-state index in [0.717, 1.165) is 5.56 Å². The lowest BCUT2D eigenvalue weighted by atomic mass is 10.2. The van der Waals surface area contributed by atoms with Crippen LogP contribution >= 0.6 is 0 Å². The highest BCUT2D eigenvalue weighted by Gasteiger charge is 2.18. The molecule has 0 saturated carbocycles. The summed E-state index contributed by atoms with van der Waals surface area (Å²) in [6, 6.07) is 18.3. The zero-order chi connectivity index (χ0) is 28.4. The maximum Gasteiger partial charge on any atom is 0.414 e. The number of nitrogens with one attached hydrogen (secondary N) is 5. The van der Waals surface area contributed by atoms with E-state index in [4.69, 9.17) is 19.3 Å². The number of benzene rings is 2. The van der Waals surface area contributed by atoms with Crippen LogP contribution in [0.1, 0.15) is 53.0 Å². The van der Waals surface area contributed by atoms with Crippen molar-refractivity contribution >= 4 is 35.6 Å². The van der Waals surface area contributed by atoms with Crippen LogP contribution in [0.4, 0.5) is 15.3 Å². The summed E-state index contributed by atoms with van der Waals surface area (Å²) in [5, 5.41) is 17.2. The van der Waals surface area contributed by atoms with Gasteiger partial charge in [0, 0.05) is 12.2 Å².